The molecule has 1 fully saturated rings. The summed E-state index contributed by atoms with van der Waals surface area (Å²) in [5.41, 5.74) is 3.50. The SMILES string of the molecule is COc1ccc(C(=O)c2c(C)n(CCN3CCN(C=O)CC3)c3ccccc23)cc1. The van der Waals surface area contributed by atoms with Gasteiger partial charge >= 0.3 is 0 Å². The Morgan fingerprint density at radius 1 is 1.00 bits per heavy atom. The first-order chi connectivity index (χ1) is 14.6. The van der Waals surface area contributed by atoms with E-state index in [2.05, 4.69) is 15.5 Å². The molecular formula is C24H27N3O3. The molecule has 2 aromatic carbocycles. The Morgan fingerprint density at radius 3 is 2.37 bits per heavy atom. The van der Waals surface area contributed by atoms with Gasteiger partial charge in [-0.25, -0.2) is 0 Å². The molecule has 4 rings (SSSR count). The van der Waals surface area contributed by atoms with Gasteiger partial charge in [0.1, 0.15) is 5.75 Å². The second-order valence-electron chi connectivity index (χ2n) is 7.67. The number of rotatable bonds is 7. The van der Waals surface area contributed by atoms with Crippen molar-refractivity contribution in [3.05, 3.63) is 65.4 Å². The van der Waals surface area contributed by atoms with Crippen LogP contribution in [0.15, 0.2) is 48.5 Å². The number of ether oxygens (including phenoxy) is 1. The molecule has 6 heteroatoms. The molecule has 0 N–H and O–H groups in total. The maximum atomic E-state index is 13.4. The lowest BCUT2D eigenvalue weighted by molar-refractivity contribution is -0.119. The van der Waals surface area contributed by atoms with Crippen LogP contribution >= 0.6 is 0 Å². The third kappa shape index (κ3) is 3.83. The van der Waals surface area contributed by atoms with Gasteiger partial charge < -0.3 is 14.2 Å². The number of piperazine rings is 1. The van der Waals surface area contributed by atoms with Gasteiger partial charge in [-0.15, -0.1) is 0 Å². The first kappa shape index (κ1) is 20.2. The predicted octanol–water partition coefficient (Wildman–Crippen LogP) is 2.96. The number of nitrogens with zero attached hydrogens (tertiary/aromatic N) is 3. The first-order valence-corrected chi connectivity index (χ1v) is 10.3. The van der Waals surface area contributed by atoms with Gasteiger partial charge in [-0.2, -0.15) is 0 Å². The van der Waals surface area contributed by atoms with E-state index in [1.165, 1.54) is 0 Å². The van der Waals surface area contributed by atoms with Gasteiger partial charge in [0.15, 0.2) is 5.78 Å². The predicted molar refractivity (Wildman–Crippen MR) is 117 cm³/mol. The second kappa shape index (κ2) is 8.71. The minimum atomic E-state index is 0.0321. The number of ketones is 1. The monoisotopic (exact) mass is 405 g/mol. The zero-order valence-corrected chi connectivity index (χ0v) is 17.5. The van der Waals surface area contributed by atoms with E-state index in [-0.39, 0.29) is 5.78 Å². The first-order valence-electron chi connectivity index (χ1n) is 10.3. The van der Waals surface area contributed by atoms with E-state index < -0.39 is 0 Å². The highest BCUT2D eigenvalue weighted by Crippen LogP contribution is 2.28. The van der Waals surface area contributed by atoms with Gasteiger partial charge in [-0.05, 0) is 37.3 Å². The molecule has 2 heterocycles. The van der Waals surface area contributed by atoms with Crippen molar-refractivity contribution in [2.45, 2.75) is 13.5 Å². The average Bonchev–Trinajstić information content (AvgIpc) is 3.08. The lowest BCUT2D eigenvalue weighted by Crippen LogP contribution is -2.46. The Bertz CT molecular complexity index is 1050. The highest BCUT2D eigenvalue weighted by atomic mass is 16.5. The molecule has 30 heavy (non-hydrogen) atoms. The number of amides is 1. The number of carbonyl (C=O) groups is 2. The van der Waals surface area contributed by atoms with Gasteiger partial charge in [0.25, 0.3) is 0 Å². The van der Waals surface area contributed by atoms with Crippen molar-refractivity contribution in [1.82, 2.24) is 14.4 Å². The number of hydrogen-bond acceptors (Lipinski definition) is 4. The van der Waals surface area contributed by atoms with Crippen molar-refractivity contribution in [1.29, 1.82) is 0 Å². The van der Waals surface area contributed by atoms with Crippen LogP contribution in [0.3, 0.4) is 0 Å². The lowest BCUT2D eigenvalue weighted by atomic mass is 10.0. The summed E-state index contributed by atoms with van der Waals surface area (Å²) in [7, 11) is 1.62. The molecule has 1 amide bonds. The van der Waals surface area contributed by atoms with E-state index in [4.69, 9.17) is 4.74 Å². The fourth-order valence-electron chi connectivity index (χ4n) is 4.23. The molecule has 1 saturated heterocycles. The largest absolute Gasteiger partial charge is 0.497 e. The van der Waals surface area contributed by atoms with Crippen LogP contribution in [0.25, 0.3) is 10.9 Å². The third-order valence-electron chi connectivity index (χ3n) is 6.01. The van der Waals surface area contributed by atoms with Crippen LogP contribution in [0.4, 0.5) is 0 Å². The van der Waals surface area contributed by atoms with Crippen molar-refractivity contribution in [2.75, 3.05) is 39.8 Å². The summed E-state index contributed by atoms with van der Waals surface area (Å²) >= 11 is 0. The molecule has 0 saturated carbocycles. The van der Waals surface area contributed by atoms with Crippen LogP contribution < -0.4 is 4.74 Å². The number of hydrogen-bond donors (Lipinski definition) is 0. The number of benzene rings is 2. The highest BCUT2D eigenvalue weighted by Gasteiger charge is 2.22. The van der Waals surface area contributed by atoms with E-state index in [0.29, 0.717) is 5.56 Å². The summed E-state index contributed by atoms with van der Waals surface area (Å²) < 4.78 is 7.46. The highest BCUT2D eigenvalue weighted by molar-refractivity contribution is 6.17. The normalized spacial score (nSPS) is 14.8. The van der Waals surface area contributed by atoms with E-state index in [9.17, 15) is 9.59 Å². The molecule has 0 unspecified atom stereocenters. The van der Waals surface area contributed by atoms with Crippen LogP contribution in [0.2, 0.25) is 0 Å². The zero-order chi connectivity index (χ0) is 21.1. The third-order valence-corrected chi connectivity index (χ3v) is 6.01. The summed E-state index contributed by atoms with van der Waals surface area (Å²) in [6.45, 7) is 7.04. The Morgan fingerprint density at radius 2 is 1.70 bits per heavy atom. The molecule has 0 atom stereocenters. The van der Waals surface area contributed by atoms with Crippen LogP contribution in [0, 0.1) is 6.92 Å². The van der Waals surface area contributed by atoms with Gasteiger partial charge in [0.2, 0.25) is 6.41 Å². The van der Waals surface area contributed by atoms with Crippen LogP contribution in [-0.2, 0) is 11.3 Å². The summed E-state index contributed by atoms with van der Waals surface area (Å²) in [5.74, 6) is 0.769. The Hall–Kier alpha value is -3.12. The Kier molecular flexibility index (Phi) is 5.86. The molecule has 0 spiro atoms. The van der Waals surface area contributed by atoms with Crippen LogP contribution in [0.5, 0.6) is 5.75 Å². The lowest BCUT2D eigenvalue weighted by Gasteiger charge is -2.32. The maximum absolute atomic E-state index is 13.4. The molecule has 156 valence electrons. The molecule has 1 aromatic heterocycles. The minimum Gasteiger partial charge on any atom is -0.497 e. The van der Waals surface area contributed by atoms with Crippen molar-refractivity contribution in [2.24, 2.45) is 0 Å². The minimum absolute atomic E-state index is 0.0321. The topological polar surface area (TPSA) is 54.8 Å². The van der Waals surface area contributed by atoms with Crippen LogP contribution in [0.1, 0.15) is 21.6 Å². The van der Waals surface area contributed by atoms with Crippen molar-refractivity contribution < 1.29 is 14.3 Å². The standard InChI is InChI=1S/C24H27N3O3/c1-18-23(24(29)19-7-9-20(30-2)10-8-19)21-5-3-4-6-22(21)27(18)16-15-25-11-13-26(17-28)14-12-25/h3-10,17H,11-16H2,1-2H3. The Balaban J connectivity index is 1.61. The molecular weight excluding hydrogens is 378 g/mol. The molecule has 3 aromatic rings. The summed E-state index contributed by atoms with van der Waals surface area (Å²) in [6, 6.07) is 15.4. The number of para-hydroxylation sites is 1. The second-order valence-corrected chi connectivity index (χ2v) is 7.67. The van der Waals surface area contributed by atoms with Gasteiger partial charge in [0.05, 0.1) is 12.7 Å². The van der Waals surface area contributed by atoms with Gasteiger partial charge in [-0.1, -0.05) is 18.2 Å². The van der Waals surface area contributed by atoms with E-state index in [1.807, 2.05) is 54.3 Å². The molecule has 1 aliphatic rings. The van der Waals surface area contributed by atoms with Gasteiger partial charge in [0, 0.05) is 61.4 Å². The van der Waals surface area contributed by atoms with E-state index in [1.54, 1.807) is 7.11 Å². The Labute approximate surface area is 176 Å². The van der Waals surface area contributed by atoms with Crippen molar-refractivity contribution in [3.8, 4) is 5.75 Å². The fraction of sp³-hybridized carbons (Fsp3) is 0.333. The average molecular weight is 405 g/mol. The quantitative estimate of drug-likeness (QED) is 0.448. The maximum Gasteiger partial charge on any atom is 0.209 e. The van der Waals surface area contributed by atoms with Crippen molar-refractivity contribution in [3.63, 3.8) is 0 Å². The van der Waals surface area contributed by atoms with Gasteiger partial charge in [-0.3, -0.25) is 14.5 Å². The fourth-order valence-corrected chi connectivity index (χ4v) is 4.23. The van der Waals surface area contributed by atoms with E-state index >= 15 is 0 Å². The smallest absolute Gasteiger partial charge is 0.209 e. The number of fused-ring (bicyclic) bond motifs is 1. The molecule has 0 bridgehead atoms. The molecule has 0 aliphatic carbocycles. The number of aromatic nitrogens is 1. The van der Waals surface area contributed by atoms with Crippen molar-refractivity contribution >= 4 is 23.1 Å². The zero-order valence-electron chi connectivity index (χ0n) is 17.5. The molecule has 1 aliphatic heterocycles. The molecule has 6 nitrogen and oxygen atoms in total. The van der Waals surface area contributed by atoms with E-state index in [0.717, 1.165) is 73.6 Å². The van der Waals surface area contributed by atoms with Crippen LogP contribution in [-0.4, -0.2) is 66.4 Å². The summed E-state index contributed by atoms with van der Waals surface area (Å²) in [5, 5.41) is 0.988. The molecule has 0 radical (unpaired) electrons. The number of methoxy groups -OCH3 is 1. The summed E-state index contributed by atoms with van der Waals surface area (Å²) in [6.07, 6.45) is 0.929. The number of carbonyl (C=O) groups excluding carboxylic acids is 2. The summed E-state index contributed by atoms with van der Waals surface area (Å²) in [4.78, 5) is 28.5.